The molecular formula is C14H26N2O4. The van der Waals surface area contributed by atoms with Gasteiger partial charge in [-0.15, -0.1) is 0 Å². The Morgan fingerprint density at radius 2 is 1.90 bits per heavy atom. The second-order valence-electron chi connectivity index (χ2n) is 5.78. The van der Waals surface area contributed by atoms with Crippen LogP contribution in [0.3, 0.4) is 0 Å². The van der Waals surface area contributed by atoms with Crippen LogP contribution in [0.2, 0.25) is 0 Å². The first kappa shape index (κ1) is 16.8. The third-order valence-corrected chi connectivity index (χ3v) is 4.03. The van der Waals surface area contributed by atoms with E-state index >= 15 is 0 Å². The molecule has 6 nitrogen and oxygen atoms in total. The number of methoxy groups -OCH3 is 1. The van der Waals surface area contributed by atoms with Crippen molar-refractivity contribution in [2.24, 2.45) is 5.92 Å². The molecule has 0 atom stereocenters. The fourth-order valence-corrected chi connectivity index (χ4v) is 2.58. The highest BCUT2D eigenvalue weighted by Crippen LogP contribution is 2.22. The number of carbonyl (C=O) groups excluding carboxylic acids is 1. The smallest absolute Gasteiger partial charge is 0.329 e. The van der Waals surface area contributed by atoms with Crippen LogP contribution in [-0.2, 0) is 9.53 Å². The van der Waals surface area contributed by atoms with Crippen molar-refractivity contribution in [3.63, 3.8) is 0 Å². The number of amides is 2. The summed E-state index contributed by atoms with van der Waals surface area (Å²) in [5.74, 6) is -0.492. The molecule has 1 rings (SSSR count). The van der Waals surface area contributed by atoms with Crippen LogP contribution in [0.5, 0.6) is 0 Å². The molecule has 1 heterocycles. The van der Waals surface area contributed by atoms with Gasteiger partial charge in [0.05, 0.1) is 0 Å². The van der Waals surface area contributed by atoms with Crippen LogP contribution >= 0.6 is 0 Å². The summed E-state index contributed by atoms with van der Waals surface area (Å²) in [5, 5.41) is 9.27. The van der Waals surface area contributed by atoms with Crippen LogP contribution in [0.1, 0.15) is 33.6 Å². The number of nitrogens with zero attached hydrogens (tertiary/aromatic N) is 2. The SMILES string of the molecule is CCN(C(=O)N1CCC(COC)CC1)C(C)(C)C(=O)O. The fraction of sp³-hybridized carbons (Fsp3) is 0.857. The van der Waals surface area contributed by atoms with Gasteiger partial charge in [0.15, 0.2) is 0 Å². The Kier molecular flexibility index (Phi) is 5.80. The van der Waals surface area contributed by atoms with Crippen LogP contribution in [0, 0.1) is 5.92 Å². The van der Waals surface area contributed by atoms with E-state index in [-0.39, 0.29) is 6.03 Å². The number of urea groups is 1. The molecule has 1 N–H and O–H groups in total. The van der Waals surface area contributed by atoms with E-state index in [9.17, 15) is 14.7 Å². The van der Waals surface area contributed by atoms with Crippen LogP contribution in [0.25, 0.3) is 0 Å². The van der Waals surface area contributed by atoms with E-state index in [2.05, 4.69) is 0 Å². The highest BCUT2D eigenvalue weighted by molar-refractivity contribution is 5.85. The summed E-state index contributed by atoms with van der Waals surface area (Å²) in [5.41, 5.74) is -1.19. The number of carboxylic acids is 1. The van der Waals surface area contributed by atoms with Gasteiger partial charge >= 0.3 is 12.0 Å². The lowest BCUT2D eigenvalue weighted by Gasteiger charge is -2.40. The minimum Gasteiger partial charge on any atom is -0.480 e. The minimum atomic E-state index is -1.19. The summed E-state index contributed by atoms with van der Waals surface area (Å²) >= 11 is 0. The number of hydrogen-bond acceptors (Lipinski definition) is 3. The van der Waals surface area contributed by atoms with Gasteiger partial charge in [0.25, 0.3) is 0 Å². The molecule has 0 saturated carbocycles. The topological polar surface area (TPSA) is 70.1 Å². The Balaban J connectivity index is 2.67. The Bertz CT molecular complexity index is 349. The van der Waals surface area contributed by atoms with E-state index < -0.39 is 11.5 Å². The first-order valence-electron chi connectivity index (χ1n) is 7.13. The first-order valence-corrected chi connectivity index (χ1v) is 7.13. The standard InChI is InChI=1S/C14H26N2O4/c1-5-16(14(2,3)12(17)18)13(19)15-8-6-11(7-9-15)10-20-4/h11H,5-10H2,1-4H3,(H,17,18). The molecular weight excluding hydrogens is 260 g/mol. The van der Waals surface area contributed by atoms with Crippen molar-refractivity contribution in [3.05, 3.63) is 0 Å². The molecule has 1 saturated heterocycles. The lowest BCUT2D eigenvalue weighted by molar-refractivity contribution is -0.147. The highest BCUT2D eigenvalue weighted by Gasteiger charge is 2.39. The third kappa shape index (κ3) is 3.62. The fourth-order valence-electron chi connectivity index (χ4n) is 2.58. The molecule has 0 radical (unpaired) electrons. The van der Waals surface area contributed by atoms with Crippen molar-refractivity contribution in [2.75, 3.05) is 33.4 Å². The van der Waals surface area contributed by atoms with Crippen LogP contribution in [0.15, 0.2) is 0 Å². The van der Waals surface area contributed by atoms with E-state index in [0.29, 0.717) is 25.6 Å². The van der Waals surface area contributed by atoms with E-state index in [1.165, 1.54) is 4.90 Å². The number of piperidine rings is 1. The van der Waals surface area contributed by atoms with Gasteiger partial charge in [-0.05, 0) is 39.5 Å². The number of carboxylic acid groups (broad SMARTS) is 1. The van der Waals surface area contributed by atoms with E-state index in [1.54, 1.807) is 32.8 Å². The molecule has 0 spiro atoms. The van der Waals surface area contributed by atoms with Gasteiger partial charge in [-0.3, -0.25) is 0 Å². The van der Waals surface area contributed by atoms with Gasteiger partial charge in [0.1, 0.15) is 5.54 Å². The normalized spacial score (nSPS) is 17.1. The zero-order valence-electron chi connectivity index (χ0n) is 12.9. The van der Waals surface area contributed by atoms with Crippen LogP contribution < -0.4 is 0 Å². The van der Waals surface area contributed by atoms with Gasteiger partial charge in [-0.1, -0.05) is 0 Å². The monoisotopic (exact) mass is 286 g/mol. The predicted molar refractivity (Wildman–Crippen MR) is 75.7 cm³/mol. The van der Waals surface area contributed by atoms with Crippen LogP contribution in [-0.4, -0.2) is 65.8 Å². The van der Waals surface area contributed by atoms with Crippen molar-refractivity contribution >= 4 is 12.0 Å². The summed E-state index contributed by atoms with van der Waals surface area (Å²) < 4.78 is 5.14. The summed E-state index contributed by atoms with van der Waals surface area (Å²) in [4.78, 5) is 27.0. The van der Waals surface area contributed by atoms with Gasteiger partial charge in [0, 0.05) is 33.4 Å². The third-order valence-electron chi connectivity index (χ3n) is 4.03. The summed E-state index contributed by atoms with van der Waals surface area (Å²) in [6.07, 6.45) is 1.81. The van der Waals surface area contributed by atoms with Gasteiger partial charge in [-0.2, -0.15) is 0 Å². The molecule has 1 fully saturated rings. The van der Waals surface area contributed by atoms with E-state index in [0.717, 1.165) is 19.4 Å². The van der Waals surface area contributed by atoms with Gasteiger partial charge in [0.2, 0.25) is 0 Å². The zero-order valence-corrected chi connectivity index (χ0v) is 12.9. The van der Waals surface area contributed by atoms with E-state index in [4.69, 9.17) is 4.74 Å². The number of hydrogen-bond donors (Lipinski definition) is 1. The molecule has 0 bridgehead atoms. The zero-order chi connectivity index (χ0) is 15.3. The molecule has 0 aliphatic carbocycles. The molecule has 2 amide bonds. The number of likely N-dealkylation sites (tertiary alicyclic amines) is 1. The van der Waals surface area contributed by atoms with Crippen molar-refractivity contribution in [2.45, 2.75) is 39.2 Å². The predicted octanol–water partition coefficient (Wildman–Crippen LogP) is 1.65. The van der Waals surface area contributed by atoms with Crippen molar-refractivity contribution in [1.82, 2.24) is 9.80 Å². The summed E-state index contributed by atoms with van der Waals surface area (Å²) in [6, 6.07) is -0.184. The van der Waals surface area contributed by atoms with Gasteiger partial charge < -0.3 is 19.6 Å². The second kappa shape index (κ2) is 6.92. The molecule has 0 aromatic carbocycles. The van der Waals surface area contributed by atoms with Crippen LogP contribution in [0.4, 0.5) is 4.79 Å². The maximum Gasteiger partial charge on any atom is 0.329 e. The molecule has 1 aliphatic heterocycles. The lowest BCUT2D eigenvalue weighted by Crippen LogP contribution is -2.58. The molecule has 0 aromatic heterocycles. The minimum absolute atomic E-state index is 0.184. The Morgan fingerprint density at radius 1 is 1.35 bits per heavy atom. The Morgan fingerprint density at radius 3 is 2.30 bits per heavy atom. The second-order valence-corrected chi connectivity index (χ2v) is 5.78. The van der Waals surface area contributed by atoms with E-state index in [1.807, 2.05) is 0 Å². The number of ether oxygens (including phenoxy) is 1. The Labute approximate surface area is 120 Å². The van der Waals surface area contributed by atoms with Gasteiger partial charge in [-0.25, -0.2) is 9.59 Å². The molecule has 6 heteroatoms. The number of carbonyl (C=O) groups is 2. The van der Waals surface area contributed by atoms with Crippen molar-refractivity contribution in [3.8, 4) is 0 Å². The molecule has 116 valence electrons. The summed E-state index contributed by atoms with van der Waals surface area (Å²) in [7, 11) is 1.69. The number of likely N-dealkylation sites (N-methyl/N-ethyl adjacent to an activating group) is 1. The maximum atomic E-state index is 12.5. The molecule has 0 unspecified atom stereocenters. The number of aliphatic carboxylic acids is 1. The number of rotatable bonds is 5. The average Bonchev–Trinajstić information content (AvgIpc) is 2.40. The van der Waals surface area contributed by atoms with Crippen molar-refractivity contribution in [1.29, 1.82) is 0 Å². The lowest BCUT2D eigenvalue weighted by atomic mass is 9.97. The molecule has 1 aliphatic rings. The summed E-state index contributed by atoms with van der Waals surface area (Å²) in [6.45, 7) is 7.37. The Hall–Kier alpha value is -1.30. The average molecular weight is 286 g/mol. The first-order chi connectivity index (χ1) is 9.34. The highest BCUT2D eigenvalue weighted by atomic mass is 16.5. The van der Waals surface area contributed by atoms with Crippen molar-refractivity contribution < 1.29 is 19.4 Å². The maximum absolute atomic E-state index is 12.5. The molecule has 0 aromatic rings. The largest absolute Gasteiger partial charge is 0.480 e. The molecule has 20 heavy (non-hydrogen) atoms. The quantitative estimate of drug-likeness (QED) is 0.834.